The minimum atomic E-state index is -1.78. The van der Waals surface area contributed by atoms with Gasteiger partial charge in [-0.15, -0.1) is 0 Å². The number of aliphatic carboxylic acids is 3. The SMILES string of the molecule is CC(C)C[C@H](NC(=O)[C@H](CC(=O)O)NC(=O)[C@H](C)N)C(=O)N[C@@H](CCC(=O)O)C(=O)N[C@H](C(=O)N[C@H](C(=O)N[C@@H](C)C(=O)N[C@@H](C)C(=O)N[C@H](C(=O)N[C@@H](Cc1ccccc1)C(=O)N[C@H](C(=O)N[C@@H](CC(C)C)C(=O)N[C@H](C(=O)N[C@@H](C)C(=O)O)C(C)C)C(C)C)[C@@H](C)O)C(C)C)C(C)C. The molecule has 15 atom stereocenters. The molecule has 0 saturated carbocycles. The summed E-state index contributed by atoms with van der Waals surface area (Å²) in [4.78, 5) is 213. The molecule has 0 fully saturated rings. The van der Waals surface area contributed by atoms with Crippen LogP contribution in [0, 0.1) is 35.5 Å². The number of hydrogen-bond acceptors (Lipinski definition) is 18. The second kappa shape index (κ2) is 42.6. The van der Waals surface area contributed by atoms with Crippen LogP contribution in [0.3, 0.4) is 0 Å². The smallest absolute Gasteiger partial charge is 0.325 e. The first-order chi connectivity index (χ1) is 46.3. The van der Waals surface area contributed by atoms with Gasteiger partial charge >= 0.3 is 17.9 Å². The number of aliphatic hydroxyl groups is 1. The van der Waals surface area contributed by atoms with Crippen LogP contribution < -0.4 is 74.9 Å². The molecule has 1 aromatic carbocycles. The summed E-state index contributed by atoms with van der Waals surface area (Å²) in [6.45, 7) is 25.8. The molecule has 13 amide bonds. The van der Waals surface area contributed by atoms with Gasteiger partial charge in [-0.3, -0.25) is 76.7 Å². The molecule has 1 rings (SSSR count). The average Bonchev–Trinajstić information content (AvgIpc) is 0.858. The fraction of sp³-hybridized carbons (Fsp3) is 0.667. The molecule has 34 heteroatoms. The van der Waals surface area contributed by atoms with E-state index in [9.17, 15) is 97.1 Å². The predicted octanol–water partition coefficient (Wildman–Crippen LogP) is -2.54. The minimum Gasteiger partial charge on any atom is -0.481 e. The topological polar surface area (TPSA) is 536 Å². The third-order valence-corrected chi connectivity index (χ3v) is 15.6. The van der Waals surface area contributed by atoms with Crippen molar-refractivity contribution < 1.29 is 97.1 Å². The van der Waals surface area contributed by atoms with E-state index in [0.717, 1.165) is 0 Å². The van der Waals surface area contributed by atoms with Gasteiger partial charge < -0.3 is 95.3 Å². The summed E-state index contributed by atoms with van der Waals surface area (Å²) in [6, 6.07) is -11.6. The van der Waals surface area contributed by atoms with Crippen LogP contribution in [-0.2, 0) is 83.1 Å². The highest BCUT2D eigenvalue weighted by atomic mass is 16.4. The van der Waals surface area contributed by atoms with Gasteiger partial charge in [0, 0.05) is 12.8 Å². The van der Waals surface area contributed by atoms with Crippen LogP contribution in [0.25, 0.3) is 0 Å². The van der Waals surface area contributed by atoms with Crippen molar-refractivity contribution in [1.29, 1.82) is 0 Å². The highest BCUT2D eigenvalue weighted by molar-refractivity contribution is 6.00. The van der Waals surface area contributed by atoms with Crippen LogP contribution in [0.1, 0.15) is 155 Å². The van der Waals surface area contributed by atoms with Gasteiger partial charge in [-0.05, 0) is 95.0 Å². The van der Waals surface area contributed by atoms with Crippen LogP contribution >= 0.6 is 0 Å². The maximum absolute atomic E-state index is 14.4. The molecule has 0 aliphatic heterocycles. The standard InChI is InChI=1S/C66H108N14O20/c1-29(2)25-42(73-58(91)45(28-47(84)85)72-53(86)35(13)67)57(90)71-41(23-24-46(82)83)56(89)76-51(34(11)12)64(97)79-49(32(7)8)61(94)69-36(14)54(87)68-37(15)55(88)80-52(39(17)81)65(98)75-44(27-40-21-19-18-20-22-40)60(93)78-50(33(9)10)63(96)74-43(26-30(3)4)59(92)77-48(31(5)6)62(95)70-38(16)66(99)100/h18-22,29-39,41-45,48-52,81H,23-28,67H2,1-17H3,(H,68,87)(H,69,94)(H,70,95)(H,71,90)(H,72,86)(H,73,91)(H,74,96)(H,75,98)(H,76,89)(H,77,92)(H,78,93)(H,79,97)(H,80,88)(H,82,83)(H,84,85)(H,99,100)/t35-,36-,37-,38-,39+,41-,42-,43-,44-,45-,48-,49-,50-,51-,52-/m0/s1. The fourth-order valence-corrected chi connectivity index (χ4v) is 9.72. The third kappa shape index (κ3) is 31.2. The Kier molecular flexibility index (Phi) is 37.8. The lowest BCUT2D eigenvalue weighted by Gasteiger charge is -2.30. The van der Waals surface area contributed by atoms with Crippen molar-refractivity contribution in [3.05, 3.63) is 35.9 Å². The van der Waals surface area contributed by atoms with E-state index >= 15 is 0 Å². The van der Waals surface area contributed by atoms with E-state index in [1.54, 1.807) is 99.6 Å². The number of carbonyl (C=O) groups is 16. The number of carbonyl (C=O) groups excluding carboxylic acids is 13. The summed E-state index contributed by atoms with van der Waals surface area (Å²) in [7, 11) is 0. The van der Waals surface area contributed by atoms with E-state index in [1.165, 1.54) is 48.5 Å². The molecule has 0 heterocycles. The second-order valence-corrected chi connectivity index (χ2v) is 27.3. The van der Waals surface area contributed by atoms with Crippen molar-refractivity contribution in [3.63, 3.8) is 0 Å². The molecule has 0 saturated heterocycles. The van der Waals surface area contributed by atoms with Gasteiger partial charge in [0.1, 0.15) is 78.5 Å². The Balaban J connectivity index is 3.37. The number of hydrogen-bond donors (Lipinski definition) is 18. The van der Waals surface area contributed by atoms with Gasteiger partial charge in [-0.25, -0.2) is 0 Å². The summed E-state index contributed by atoms with van der Waals surface area (Å²) in [5, 5.41) is 71.4. The van der Waals surface area contributed by atoms with Gasteiger partial charge in [0.05, 0.1) is 18.6 Å². The zero-order chi connectivity index (χ0) is 76.9. The van der Waals surface area contributed by atoms with E-state index in [1.807, 2.05) is 0 Å². The molecule has 100 heavy (non-hydrogen) atoms. The number of aliphatic hydroxyl groups excluding tert-OH is 1. The fourth-order valence-electron chi connectivity index (χ4n) is 9.72. The number of benzene rings is 1. The van der Waals surface area contributed by atoms with Crippen molar-refractivity contribution >= 4 is 94.7 Å². The monoisotopic (exact) mass is 1420 g/mol. The molecule has 1 aromatic rings. The van der Waals surface area contributed by atoms with Crippen molar-refractivity contribution in [2.24, 2.45) is 41.2 Å². The zero-order valence-corrected chi connectivity index (χ0v) is 60.2. The quantitative estimate of drug-likeness (QED) is 0.0320. The molecule has 0 unspecified atom stereocenters. The molecule has 0 bridgehead atoms. The molecule has 0 radical (unpaired) electrons. The number of amides is 13. The third-order valence-electron chi connectivity index (χ3n) is 15.6. The molecule has 562 valence electrons. The minimum absolute atomic E-state index is 0.0764. The largest absolute Gasteiger partial charge is 0.481 e. The Bertz CT molecular complexity index is 3020. The molecule has 0 aliphatic carbocycles. The first-order valence-corrected chi connectivity index (χ1v) is 33.4. The van der Waals surface area contributed by atoms with Crippen molar-refractivity contribution in [3.8, 4) is 0 Å². The Morgan fingerprint density at radius 2 is 0.650 bits per heavy atom. The Morgan fingerprint density at radius 3 is 1.05 bits per heavy atom. The van der Waals surface area contributed by atoms with Gasteiger partial charge in [0.2, 0.25) is 76.8 Å². The molecular formula is C66H108N14O20. The summed E-state index contributed by atoms with van der Waals surface area (Å²) in [5.74, 6) is -19.3. The molecule has 0 spiro atoms. The predicted molar refractivity (Wildman–Crippen MR) is 363 cm³/mol. The van der Waals surface area contributed by atoms with Gasteiger partial charge in [0.25, 0.3) is 0 Å². The number of carboxylic acids is 3. The van der Waals surface area contributed by atoms with E-state index in [2.05, 4.69) is 69.1 Å². The van der Waals surface area contributed by atoms with Gasteiger partial charge in [-0.1, -0.05) is 113 Å². The van der Waals surface area contributed by atoms with Crippen LogP contribution in [0.4, 0.5) is 0 Å². The number of rotatable bonds is 43. The molecular weight excluding hydrogens is 1310 g/mol. The normalized spacial score (nSPS) is 15.9. The highest BCUT2D eigenvalue weighted by Crippen LogP contribution is 2.15. The van der Waals surface area contributed by atoms with Gasteiger partial charge in [-0.2, -0.15) is 0 Å². The summed E-state index contributed by atoms with van der Waals surface area (Å²) < 4.78 is 0. The van der Waals surface area contributed by atoms with Crippen molar-refractivity contribution in [2.45, 2.75) is 247 Å². The lowest BCUT2D eigenvalue weighted by Crippen LogP contribution is -2.62. The first kappa shape index (κ1) is 88.7. The highest BCUT2D eigenvalue weighted by Gasteiger charge is 2.39. The van der Waals surface area contributed by atoms with E-state index in [4.69, 9.17) is 5.73 Å². The molecule has 0 aliphatic rings. The zero-order valence-electron chi connectivity index (χ0n) is 60.2. The lowest BCUT2D eigenvalue weighted by molar-refractivity contribution is -0.142. The van der Waals surface area contributed by atoms with Crippen LogP contribution in [0.5, 0.6) is 0 Å². The van der Waals surface area contributed by atoms with Crippen LogP contribution in [-0.4, -0.2) is 206 Å². The van der Waals surface area contributed by atoms with Crippen LogP contribution in [0.15, 0.2) is 30.3 Å². The van der Waals surface area contributed by atoms with Crippen molar-refractivity contribution in [1.82, 2.24) is 69.1 Å². The number of carboxylic acid groups (broad SMARTS) is 3. The maximum Gasteiger partial charge on any atom is 0.325 e. The van der Waals surface area contributed by atoms with Crippen molar-refractivity contribution in [2.75, 3.05) is 0 Å². The Labute approximate surface area is 583 Å². The van der Waals surface area contributed by atoms with Gasteiger partial charge in [0.15, 0.2) is 0 Å². The Morgan fingerprint density at radius 1 is 0.340 bits per heavy atom. The average molecular weight is 1420 g/mol. The lowest BCUT2D eigenvalue weighted by atomic mass is 9.97. The second-order valence-electron chi connectivity index (χ2n) is 27.3. The number of nitrogens with two attached hydrogens (primary N) is 1. The summed E-state index contributed by atoms with van der Waals surface area (Å²) >= 11 is 0. The van der Waals surface area contributed by atoms with E-state index in [-0.39, 0.29) is 31.1 Å². The number of nitrogens with one attached hydrogen (secondary N) is 13. The summed E-state index contributed by atoms with van der Waals surface area (Å²) in [5.41, 5.74) is 6.12. The Hall–Kier alpha value is -9.34. The molecule has 0 aromatic heterocycles. The van der Waals surface area contributed by atoms with E-state index < -0.39 is 228 Å². The first-order valence-electron chi connectivity index (χ1n) is 33.4. The van der Waals surface area contributed by atoms with E-state index in [0.29, 0.717) is 5.56 Å². The summed E-state index contributed by atoms with van der Waals surface area (Å²) in [6.07, 6.45) is -3.92. The maximum atomic E-state index is 14.4. The molecule has 19 N–H and O–H groups in total. The van der Waals surface area contributed by atoms with Crippen LogP contribution in [0.2, 0.25) is 0 Å². The molecule has 34 nitrogen and oxygen atoms in total.